The molecule has 31 heavy (non-hydrogen) atoms. The van der Waals surface area contributed by atoms with Crippen molar-refractivity contribution in [1.82, 2.24) is 15.0 Å². The summed E-state index contributed by atoms with van der Waals surface area (Å²) in [6.07, 6.45) is -8.48. The molecular formula is C20H13F6N5. The zero-order valence-electron chi connectivity index (χ0n) is 15.7. The van der Waals surface area contributed by atoms with Gasteiger partial charge in [-0.3, -0.25) is 0 Å². The van der Waals surface area contributed by atoms with E-state index in [1.165, 1.54) is 25.3 Å². The van der Waals surface area contributed by atoms with E-state index in [1.807, 2.05) is 0 Å². The molecule has 0 amide bonds. The van der Waals surface area contributed by atoms with Crippen LogP contribution in [0.15, 0.2) is 36.5 Å². The lowest BCUT2D eigenvalue weighted by Gasteiger charge is -2.17. The molecular weight excluding hydrogens is 424 g/mol. The molecule has 11 heteroatoms. The van der Waals surface area contributed by atoms with E-state index < -0.39 is 40.7 Å². The molecule has 2 aromatic heterocycles. The van der Waals surface area contributed by atoms with Gasteiger partial charge in [-0.1, -0.05) is 11.8 Å². The van der Waals surface area contributed by atoms with E-state index >= 15 is 0 Å². The Hall–Kier alpha value is -3.81. The van der Waals surface area contributed by atoms with Crippen LogP contribution in [-0.4, -0.2) is 15.0 Å². The van der Waals surface area contributed by atoms with E-state index in [-0.39, 0.29) is 17.1 Å². The number of nitrogens with zero attached hydrogens (tertiary/aromatic N) is 3. The first-order valence-corrected chi connectivity index (χ1v) is 8.52. The Morgan fingerprint density at radius 3 is 2.16 bits per heavy atom. The Morgan fingerprint density at radius 2 is 1.58 bits per heavy atom. The second-order valence-electron chi connectivity index (χ2n) is 6.37. The second-order valence-corrected chi connectivity index (χ2v) is 6.37. The average Bonchev–Trinajstić information content (AvgIpc) is 2.66. The molecule has 0 aliphatic heterocycles. The van der Waals surface area contributed by atoms with Crippen LogP contribution in [0.3, 0.4) is 0 Å². The Balaban J connectivity index is 2.29. The maximum Gasteiger partial charge on any atom is 0.417 e. The molecule has 1 aromatic carbocycles. The van der Waals surface area contributed by atoms with Crippen LogP contribution in [0.1, 0.15) is 27.9 Å². The predicted octanol–water partition coefficient (Wildman–Crippen LogP) is 4.45. The lowest BCUT2D eigenvalue weighted by molar-refractivity contribution is -0.141. The van der Waals surface area contributed by atoms with Gasteiger partial charge in [-0.25, -0.2) is 15.0 Å². The minimum absolute atomic E-state index is 0.101. The molecule has 0 bridgehead atoms. The molecule has 160 valence electrons. The number of pyridine rings is 1. The van der Waals surface area contributed by atoms with Gasteiger partial charge >= 0.3 is 12.4 Å². The van der Waals surface area contributed by atoms with Gasteiger partial charge in [0.1, 0.15) is 5.82 Å². The molecule has 0 spiro atoms. The summed E-state index contributed by atoms with van der Waals surface area (Å²) in [5, 5.41) is 0. The molecule has 0 saturated heterocycles. The van der Waals surface area contributed by atoms with Crippen LogP contribution in [0.2, 0.25) is 0 Å². The third-order valence-electron chi connectivity index (χ3n) is 4.13. The van der Waals surface area contributed by atoms with Gasteiger partial charge in [0.2, 0.25) is 5.95 Å². The third-order valence-corrected chi connectivity index (χ3v) is 4.13. The monoisotopic (exact) mass is 437 g/mol. The summed E-state index contributed by atoms with van der Waals surface area (Å²) in [6, 6.07) is 4.07. The molecule has 5 nitrogen and oxygen atoms in total. The van der Waals surface area contributed by atoms with Crippen LogP contribution < -0.4 is 11.5 Å². The lowest BCUT2D eigenvalue weighted by Crippen LogP contribution is -2.13. The number of rotatable bonds is 1. The second kappa shape index (κ2) is 7.79. The third kappa shape index (κ3) is 4.85. The number of aromatic nitrogens is 3. The summed E-state index contributed by atoms with van der Waals surface area (Å²) in [5.41, 5.74) is 7.59. The Bertz CT molecular complexity index is 1190. The highest BCUT2D eigenvalue weighted by atomic mass is 19.4. The van der Waals surface area contributed by atoms with E-state index in [0.717, 1.165) is 0 Å². The average molecular weight is 437 g/mol. The van der Waals surface area contributed by atoms with Crippen molar-refractivity contribution >= 4 is 11.8 Å². The Morgan fingerprint density at radius 1 is 0.871 bits per heavy atom. The first-order chi connectivity index (χ1) is 14.4. The number of alkyl halides is 6. The molecule has 0 unspecified atom stereocenters. The van der Waals surface area contributed by atoms with E-state index in [0.29, 0.717) is 23.8 Å². The fourth-order valence-electron chi connectivity index (χ4n) is 2.72. The van der Waals surface area contributed by atoms with Gasteiger partial charge in [0.25, 0.3) is 0 Å². The van der Waals surface area contributed by atoms with Crippen LogP contribution in [0.25, 0.3) is 11.3 Å². The van der Waals surface area contributed by atoms with Gasteiger partial charge < -0.3 is 11.5 Å². The summed E-state index contributed by atoms with van der Waals surface area (Å²) in [7, 11) is 0. The Kier molecular flexibility index (Phi) is 5.50. The number of nitrogen functional groups attached to an aromatic ring is 2. The van der Waals surface area contributed by atoms with E-state index in [1.54, 1.807) is 0 Å². The van der Waals surface area contributed by atoms with E-state index in [4.69, 9.17) is 11.5 Å². The zero-order chi connectivity index (χ0) is 23.0. The maximum atomic E-state index is 13.6. The van der Waals surface area contributed by atoms with Crippen molar-refractivity contribution in [3.05, 3.63) is 64.5 Å². The normalized spacial score (nSPS) is 11.7. The zero-order valence-corrected chi connectivity index (χ0v) is 15.7. The quantitative estimate of drug-likeness (QED) is 0.434. The number of nitrogens with two attached hydrogens (primary N) is 2. The standard InChI is InChI=1S/C20H13F6N5/c1-10-13(5-2-11-3-7-16(27)29-9-11)17(31-18(28)30-10)14-8-12(19(21,22)23)4-6-15(14)20(24,25)26/h3-4,6-9H,1H3,(H2,27,29)(H2,28,30,31). The van der Waals surface area contributed by atoms with Crippen molar-refractivity contribution in [3.8, 4) is 23.1 Å². The van der Waals surface area contributed by atoms with Gasteiger partial charge in [0.05, 0.1) is 28.1 Å². The minimum atomic E-state index is -4.95. The smallest absolute Gasteiger partial charge is 0.384 e. The molecule has 0 aliphatic carbocycles. The summed E-state index contributed by atoms with van der Waals surface area (Å²) >= 11 is 0. The lowest BCUT2D eigenvalue weighted by atomic mass is 9.96. The fraction of sp³-hybridized carbons (Fsp3) is 0.150. The summed E-state index contributed by atoms with van der Waals surface area (Å²) < 4.78 is 80.3. The highest BCUT2D eigenvalue weighted by molar-refractivity contribution is 5.74. The van der Waals surface area contributed by atoms with Crippen molar-refractivity contribution in [1.29, 1.82) is 0 Å². The van der Waals surface area contributed by atoms with E-state index in [9.17, 15) is 26.3 Å². The van der Waals surface area contributed by atoms with Crippen LogP contribution in [0.4, 0.5) is 38.1 Å². The van der Waals surface area contributed by atoms with Crippen LogP contribution >= 0.6 is 0 Å². The molecule has 0 atom stereocenters. The van der Waals surface area contributed by atoms with Crippen molar-refractivity contribution in [3.63, 3.8) is 0 Å². The summed E-state index contributed by atoms with van der Waals surface area (Å²) in [5.74, 6) is 5.12. The van der Waals surface area contributed by atoms with Crippen molar-refractivity contribution in [2.24, 2.45) is 0 Å². The van der Waals surface area contributed by atoms with Gasteiger partial charge in [-0.05, 0) is 37.3 Å². The van der Waals surface area contributed by atoms with Crippen molar-refractivity contribution in [2.75, 3.05) is 11.5 Å². The number of anilines is 2. The van der Waals surface area contributed by atoms with E-state index in [2.05, 4.69) is 26.8 Å². The fourth-order valence-corrected chi connectivity index (χ4v) is 2.72. The van der Waals surface area contributed by atoms with Gasteiger partial charge in [-0.15, -0.1) is 0 Å². The van der Waals surface area contributed by atoms with Crippen molar-refractivity contribution in [2.45, 2.75) is 19.3 Å². The number of benzene rings is 1. The highest BCUT2D eigenvalue weighted by Gasteiger charge is 2.38. The molecule has 0 radical (unpaired) electrons. The molecule has 0 aliphatic rings. The van der Waals surface area contributed by atoms with Crippen molar-refractivity contribution < 1.29 is 26.3 Å². The highest BCUT2D eigenvalue weighted by Crippen LogP contribution is 2.41. The molecule has 0 saturated carbocycles. The topological polar surface area (TPSA) is 90.7 Å². The molecule has 3 rings (SSSR count). The van der Waals surface area contributed by atoms with Crippen LogP contribution in [0, 0.1) is 18.8 Å². The van der Waals surface area contributed by atoms with Gasteiger partial charge in [-0.2, -0.15) is 26.3 Å². The summed E-state index contributed by atoms with van der Waals surface area (Å²) in [6.45, 7) is 1.41. The minimum Gasteiger partial charge on any atom is -0.384 e. The number of hydrogen-bond acceptors (Lipinski definition) is 5. The maximum absolute atomic E-state index is 13.6. The SMILES string of the molecule is Cc1nc(N)nc(-c2cc(C(F)(F)F)ccc2C(F)(F)F)c1C#Cc1ccc(N)nc1. The summed E-state index contributed by atoms with van der Waals surface area (Å²) in [4.78, 5) is 11.5. The molecule has 2 heterocycles. The number of hydrogen-bond donors (Lipinski definition) is 2. The van der Waals surface area contributed by atoms with Gasteiger partial charge in [0, 0.05) is 17.3 Å². The van der Waals surface area contributed by atoms with Crippen LogP contribution in [0.5, 0.6) is 0 Å². The van der Waals surface area contributed by atoms with Gasteiger partial charge in [0.15, 0.2) is 0 Å². The van der Waals surface area contributed by atoms with Crippen LogP contribution in [-0.2, 0) is 12.4 Å². The molecule has 0 fully saturated rings. The first-order valence-electron chi connectivity index (χ1n) is 8.52. The number of aryl methyl sites for hydroxylation is 1. The first kappa shape index (κ1) is 21.9. The molecule has 4 N–H and O–H groups in total. The Labute approximate surface area is 172 Å². The molecule has 3 aromatic rings. The predicted molar refractivity (Wildman–Crippen MR) is 101 cm³/mol. The largest absolute Gasteiger partial charge is 0.417 e. The number of halogens is 6.